The van der Waals surface area contributed by atoms with Crippen molar-refractivity contribution in [3.05, 3.63) is 113 Å². The van der Waals surface area contributed by atoms with E-state index in [1.807, 2.05) is 0 Å². The summed E-state index contributed by atoms with van der Waals surface area (Å²) in [6.07, 6.45) is 0. The third kappa shape index (κ3) is 3.04. The Labute approximate surface area is 202 Å². The van der Waals surface area contributed by atoms with Crippen LogP contribution in [0.4, 0.5) is 0 Å². The molecule has 0 amide bonds. The summed E-state index contributed by atoms with van der Waals surface area (Å²) in [6.45, 7) is 11.2. The molecule has 0 fully saturated rings. The lowest BCUT2D eigenvalue weighted by atomic mass is 9.82. The number of hydrogen-bond acceptors (Lipinski definition) is 1. The average molecular weight is 440 g/mol. The molecule has 0 saturated carbocycles. The highest BCUT2D eigenvalue weighted by molar-refractivity contribution is 6.01. The maximum absolute atomic E-state index is 5.26. The minimum atomic E-state index is -0.0411. The van der Waals surface area contributed by atoms with Crippen LogP contribution in [0.5, 0.6) is 0 Å². The van der Waals surface area contributed by atoms with Gasteiger partial charge in [0.2, 0.25) is 0 Å². The summed E-state index contributed by atoms with van der Waals surface area (Å²) in [5.74, 6) is 0. The van der Waals surface area contributed by atoms with Crippen molar-refractivity contribution in [3.63, 3.8) is 0 Å². The molecule has 5 aromatic rings. The molecule has 0 aliphatic heterocycles. The number of pyridine rings is 1. The Morgan fingerprint density at radius 3 is 2.21 bits per heavy atom. The van der Waals surface area contributed by atoms with Crippen LogP contribution in [-0.4, -0.2) is 4.98 Å². The molecule has 4 aromatic carbocycles. The Balaban J connectivity index is 1.71. The number of fused-ring (bicyclic) bond motifs is 4. The fourth-order valence-electron chi connectivity index (χ4n) is 5.64. The standard InChI is InChI=1S/C33H29N/c1-20-10-8-12-23(16-20)26-18-31(24-14-9-11-21(2)22(24)3)34-32-19-30-27(17-28(26)32)25-13-6-7-15-29(25)33(30,4)5/h6-19H,1-5H3. The molecule has 1 heteroatoms. The zero-order chi connectivity index (χ0) is 23.6. The molecule has 0 bridgehead atoms. The predicted octanol–water partition coefficient (Wildman–Crippen LogP) is 8.80. The van der Waals surface area contributed by atoms with Crippen molar-refractivity contribution in [1.29, 1.82) is 0 Å². The highest BCUT2D eigenvalue weighted by Gasteiger charge is 2.35. The Hall–Kier alpha value is -3.71. The number of hydrogen-bond donors (Lipinski definition) is 0. The second-order valence-corrected chi connectivity index (χ2v) is 10.3. The summed E-state index contributed by atoms with van der Waals surface area (Å²) in [7, 11) is 0. The molecule has 6 rings (SSSR count). The maximum Gasteiger partial charge on any atom is 0.0719 e. The zero-order valence-corrected chi connectivity index (χ0v) is 20.5. The van der Waals surface area contributed by atoms with Gasteiger partial charge in [0, 0.05) is 16.4 Å². The monoisotopic (exact) mass is 439 g/mol. The first kappa shape index (κ1) is 20.9. The van der Waals surface area contributed by atoms with Gasteiger partial charge in [0.15, 0.2) is 0 Å². The van der Waals surface area contributed by atoms with Crippen LogP contribution in [0.15, 0.2) is 84.9 Å². The first-order chi connectivity index (χ1) is 16.3. The Bertz CT molecular complexity index is 1600. The molecule has 0 spiro atoms. The van der Waals surface area contributed by atoms with Crippen LogP contribution in [0.2, 0.25) is 0 Å². The largest absolute Gasteiger partial charge is 0.248 e. The van der Waals surface area contributed by atoms with Crippen molar-refractivity contribution < 1.29 is 0 Å². The SMILES string of the molecule is Cc1cccc(-c2cc(-c3cccc(C)c3C)nc3cc4c(cc23)-c2ccccc2C4(C)C)c1. The summed E-state index contributed by atoms with van der Waals surface area (Å²) in [4.78, 5) is 5.26. The van der Waals surface area contributed by atoms with Gasteiger partial charge in [-0.05, 0) is 83.5 Å². The van der Waals surface area contributed by atoms with Gasteiger partial charge in [-0.1, -0.05) is 86.1 Å². The normalized spacial score (nSPS) is 13.7. The molecule has 1 nitrogen and oxygen atoms in total. The summed E-state index contributed by atoms with van der Waals surface area (Å²) in [5, 5.41) is 1.21. The fourth-order valence-corrected chi connectivity index (χ4v) is 5.64. The quantitative estimate of drug-likeness (QED) is 0.268. The minimum Gasteiger partial charge on any atom is -0.248 e. The van der Waals surface area contributed by atoms with Crippen LogP contribution in [0.25, 0.3) is 44.4 Å². The van der Waals surface area contributed by atoms with Crippen molar-refractivity contribution >= 4 is 10.9 Å². The third-order valence-corrected chi connectivity index (χ3v) is 7.72. The summed E-state index contributed by atoms with van der Waals surface area (Å²) >= 11 is 0. The number of rotatable bonds is 2. The summed E-state index contributed by atoms with van der Waals surface area (Å²) in [5.41, 5.74) is 15.0. The molecule has 1 aliphatic carbocycles. The molecule has 1 heterocycles. The first-order valence-electron chi connectivity index (χ1n) is 12.1. The van der Waals surface area contributed by atoms with E-state index in [4.69, 9.17) is 4.98 Å². The van der Waals surface area contributed by atoms with Gasteiger partial charge in [-0.25, -0.2) is 4.98 Å². The number of aryl methyl sites for hydroxylation is 2. The van der Waals surface area contributed by atoms with Gasteiger partial charge >= 0.3 is 0 Å². The van der Waals surface area contributed by atoms with E-state index < -0.39 is 0 Å². The Morgan fingerprint density at radius 1 is 0.618 bits per heavy atom. The second kappa shape index (κ2) is 7.40. The summed E-state index contributed by atoms with van der Waals surface area (Å²) in [6, 6.07) is 31.2. The third-order valence-electron chi connectivity index (χ3n) is 7.72. The fraction of sp³-hybridized carbons (Fsp3) is 0.182. The van der Waals surface area contributed by atoms with Gasteiger partial charge < -0.3 is 0 Å². The zero-order valence-electron chi connectivity index (χ0n) is 20.5. The molecule has 0 radical (unpaired) electrons. The smallest absolute Gasteiger partial charge is 0.0719 e. The van der Waals surface area contributed by atoms with Gasteiger partial charge in [0.25, 0.3) is 0 Å². The van der Waals surface area contributed by atoms with Gasteiger partial charge in [0.1, 0.15) is 0 Å². The van der Waals surface area contributed by atoms with Crippen molar-refractivity contribution in [2.45, 2.75) is 40.0 Å². The molecule has 0 atom stereocenters. The van der Waals surface area contributed by atoms with E-state index in [1.165, 1.54) is 61.0 Å². The van der Waals surface area contributed by atoms with E-state index >= 15 is 0 Å². The lowest BCUT2D eigenvalue weighted by Gasteiger charge is -2.22. The van der Waals surface area contributed by atoms with E-state index in [2.05, 4.69) is 120 Å². The van der Waals surface area contributed by atoms with Crippen molar-refractivity contribution in [3.8, 4) is 33.5 Å². The second-order valence-electron chi connectivity index (χ2n) is 10.3. The lowest BCUT2D eigenvalue weighted by Crippen LogP contribution is -2.14. The molecule has 1 aromatic heterocycles. The van der Waals surface area contributed by atoms with Crippen LogP contribution in [-0.2, 0) is 5.41 Å². The van der Waals surface area contributed by atoms with Crippen LogP contribution in [0.3, 0.4) is 0 Å². The van der Waals surface area contributed by atoms with E-state index in [-0.39, 0.29) is 5.41 Å². The first-order valence-corrected chi connectivity index (χ1v) is 12.1. The molecule has 166 valence electrons. The van der Waals surface area contributed by atoms with Crippen LogP contribution in [0.1, 0.15) is 41.7 Å². The average Bonchev–Trinajstić information content (AvgIpc) is 3.05. The van der Waals surface area contributed by atoms with Gasteiger partial charge in [-0.15, -0.1) is 0 Å². The van der Waals surface area contributed by atoms with Crippen LogP contribution in [0, 0.1) is 20.8 Å². The van der Waals surface area contributed by atoms with Gasteiger partial charge in [-0.2, -0.15) is 0 Å². The molecule has 1 aliphatic rings. The number of benzene rings is 4. The molecule has 0 unspecified atom stereocenters. The van der Waals surface area contributed by atoms with Crippen molar-refractivity contribution in [2.24, 2.45) is 0 Å². The highest BCUT2D eigenvalue weighted by atomic mass is 14.7. The van der Waals surface area contributed by atoms with E-state index in [0.717, 1.165) is 11.2 Å². The van der Waals surface area contributed by atoms with Crippen molar-refractivity contribution in [2.75, 3.05) is 0 Å². The topological polar surface area (TPSA) is 12.9 Å². The molecule has 34 heavy (non-hydrogen) atoms. The molecule has 0 saturated heterocycles. The maximum atomic E-state index is 5.26. The van der Waals surface area contributed by atoms with Gasteiger partial charge in [0.05, 0.1) is 11.2 Å². The predicted molar refractivity (Wildman–Crippen MR) is 144 cm³/mol. The van der Waals surface area contributed by atoms with Crippen LogP contribution >= 0.6 is 0 Å². The Morgan fingerprint density at radius 2 is 1.38 bits per heavy atom. The van der Waals surface area contributed by atoms with Gasteiger partial charge in [-0.3, -0.25) is 0 Å². The highest BCUT2D eigenvalue weighted by Crippen LogP contribution is 2.50. The lowest BCUT2D eigenvalue weighted by molar-refractivity contribution is 0.661. The molecular formula is C33H29N. The van der Waals surface area contributed by atoms with E-state index in [1.54, 1.807) is 0 Å². The van der Waals surface area contributed by atoms with E-state index in [9.17, 15) is 0 Å². The van der Waals surface area contributed by atoms with Crippen LogP contribution < -0.4 is 0 Å². The molecule has 0 N–H and O–H groups in total. The minimum absolute atomic E-state index is 0.0411. The molecular weight excluding hydrogens is 410 g/mol. The number of aromatic nitrogens is 1. The Kier molecular flexibility index (Phi) is 4.54. The summed E-state index contributed by atoms with van der Waals surface area (Å²) < 4.78 is 0. The van der Waals surface area contributed by atoms with E-state index in [0.29, 0.717) is 0 Å². The number of nitrogens with zero attached hydrogens (tertiary/aromatic N) is 1. The van der Waals surface area contributed by atoms with Crippen molar-refractivity contribution in [1.82, 2.24) is 4.98 Å².